The van der Waals surface area contributed by atoms with E-state index in [0.717, 1.165) is 24.1 Å². The molecule has 31 heavy (non-hydrogen) atoms. The molecular formula is C24H35IN4O2. The molecule has 2 atom stereocenters. The van der Waals surface area contributed by atoms with Crippen LogP contribution in [0.2, 0.25) is 0 Å². The Morgan fingerprint density at radius 1 is 1.06 bits per heavy atom. The molecule has 0 aliphatic carbocycles. The molecular weight excluding hydrogens is 503 g/mol. The first-order valence-corrected chi connectivity index (χ1v) is 10.6. The van der Waals surface area contributed by atoms with Crippen molar-refractivity contribution in [3.63, 3.8) is 0 Å². The van der Waals surface area contributed by atoms with Gasteiger partial charge in [-0.25, -0.2) is 4.99 Å². The molecule has 7 heteroatoms. The first kappa shape index (κ1) is 26.9. The molecule has 2 aromatic carbocycles. The van der Waals surface area contributed by atoms with Gasteiger partial charge in [-0.3, -0.25) is 4.79 Å². The molecule has 0 fully saturated rings. The van der Waals surface area contributed by atoms with Gasteiger partial charge in [0.1, 0.15) is 0 Å². The highest BCUT2D eigenvalue weighted by Crippen LogP contribution is 2.13. The number of hydrogen-bond acceptors (Lipinski definition) is 3. The molecule has 0 saturated heterocycles. The molecule has 0 aliphatic heterocycles. The fourth-order valence-corrected chi connectivity index (χ4v) is 2.97. The van der Waals surface area contributed by atoms with Crippen molar-refractivity contribution < 1.29 is 9.90 Å². The molecule has 1 amide bonds. The Balaban J connectivity index is 0.00000480. The molecule has 6 nitrogen and oxygen atoms in total. The lowest BCUT2D eigenvalue weighted by molar-refractivity contribution is 0.0939. The molecule has 0 aliphatic rings. The quantitative estimate of drug-likeness (QED) is 0.211. The fourth-order valence-electron chi connectivity index (χ4n) is 2.97. The summed E-state index contributed by atoms with van der Waals surface area (Å²) in [7, 11) is 0. The highest BCUT2D eigenvalue weighted by molar-refractivity contribution is 14.0. The van der Waals surface area contributed by atoms with Crippen molar-refractivity contribution in [2.24, 2.45) is 4.99 Å². The molecule has 0 bridgehead atoms. The lowest BCUT2D eigenvalue weighted by atomic mass is 10.0. The second kappa shape index (κ2) is 14.8. The van der Waals surface area contributed by atoms with Gasteiger partial charge in [-0.1, -0.05) is 49.4 Å². The van der Waals surface area contributed by atoms with Crippen LogP contribution in [-0.2, 0) is 6.54 Å². The van der Waals surface area contributed by atoms with Crippen LogP contribution in [-0.4, -0.2) is 42.7 Å². The number of nitrogens with one attached hydrogen (secondary N) is 3. The van der Waals surface area contributed by atoms with Crippen LogP contribution in [0.5, 0.6) is 0 Å². The van der Waals surface area contributed by atoms with Crippen molar-refractivity contribution in [3.05, 3.63) is 71.3 Å². The van der Waals surface area contributed by atoms with Crippen LogP contribution in [0.1, 0.15) is 54.6 Å². The van der Waals surface area contributed by atoms with Crippen molar-refractivity contribution in [1.82, 2.24) is 16.0 Å². The van der Waals surface area contributed by atoms with E-state index in [1.54, 1.807) is 0 Å². The average molecular weight is 538 g/mol. The summed E-state index contributed by atoms with van der Waals surface area (Å²) in [5, 5.41) is 19.3. The summed E-state index contributed by atoms with van der Waals surface area (Å²) in [6, 6.07) is 17.6. The summed E-state index contributed by atoms with van der Waals surface area (Å²) in [5.41, 5.74) is 2.69. The van der Waals surface area contributed by atoms with Gasteiger partial charge < -0.3 is 21.1 Å². The number of carbonyl (C=O) groups excluding carboxylic acids is 1. The topological polar surface area (TPSA) is 85.8 Å². The van der Waals surface area contributed by atoms with Gasteiger partial charge in [0.2, 0.25) is 0 Å². The summed E-state index contributed by atoms with van der Waals surface area (Å²) in [5.74, 6) is 0.609. The standard InChI is InChI=1S/C24H34N4O2.HI/c1-4-18(3)28-23(30)21-13-9-10-19(14-21)15-26-24(25-5-2)27-16-22(17-29)20-11-7-6-8-12-20;/h6-14,18,22,29H,4-5,15-17H2,1-3H3,(H,28,30)(H2,25,26,27);1H. The molecule has 4 N–H and O–H groups in total. The van der Waals surface area contributed by atoms with Gasteiger partial charge in [0.05, 0.1) is 13.2 Å². The number of benzene rings is 2. The molecule has 170 valence electrons. The van der Waals surface area contributed by atoms with E-state index in [0.29, 0.717) is 24.6 Å². The van der Waals surface area contributed by atoms with Gasteiger partial charge in [0, 0.05) is 30.6 Å². The zero-order valence-electron chi connectivity index (χ0n) is 18.6. The third-order valence-corrected chi connectivity index (χ3v) is 4.95. The van der Waals surface area contributed by atoms with Gasteiger partial charge in [-0.2, -0.15) is 0 Å². The maximum Gasteiger partial charge on any atom is 0.251 e. The van der Waals surface area contributed by atoms with Crippen LogP contribution in [0.25, 0.3) is 0 Å². The summed E-state index contributed by atoms with van der Waals surface area (Å²) >= 11 is 0. The number of aliphatic hydroxyl groups excluding tert-OH is 1. The van der Waals surface area contributed by atoms with E-state index >= 15 is 0 Å². The predicted octanol–water partition coefficient (Wildman–Crippen LogP) is 3.66. The first-order valence-electron chi connectivity index (χ1n) is 10.6. The molecule has 2 rings (SSSR count). The highest BCUT2D eigenvalue weighted by atomic mass is 127. The SMILES string of the molecule is CCNC(=NCc1cccc(C(=O)NC(C)CC)c1)NCC(CO)c1ccccc1.I. The normalized spacial score (nSPS) is 13.0. The minimum Gasteiger partial charge on any atom is -0.396 e. The Bertz CT molecular complexity index is 814. The zero-order chi connectivity index (χ0) is 21.8. The van der Waals surface area contributed by atoms with Crippen molar-refractivity contribution in [1.29, 1.82) is 0 Å². The summed E-state index contributed by atoms with van der Waals surface area (Å²) in [6.45, 7) is 7.87. The second-order valence-corrected chi connectivity index (χ2v) is 7.35. The predicted molar refractivity (Wildman–Crippen MR) is 138 cm³/mol. The van der Waals surface area contributed by atoms with E-state index < -0.39 is 0 Å². The minimum atomic E-state index is -0.0612. The third kappa shape index (κ3) is 9.26. The second-order valence-electron chi connectivity index (χ2n) is 7.35. The average Bonchev–Trinajstić information content (AvgIpc) is 2.78. The maximum absolute atomic E-state index is 12.4. The van der Waals surface area contributed by atoms with Crippen LogP contribution in [0.3, 0.4) is 0 Å². The smallest absolute Gasteiger partial charge is 0.251 e. The lowest BCUT2D eigenvalue weighted by Crippen LogP contribution is -2.39. The Morgan fingerprint density at radius 2 is 1.81 bits per heavy atom. The van der Waals surface area contributed by atoms with Gasteiger partial charge >= 0.3 is 0 Å². The van der Waals surface area contributed by atoms with Gasteiger partial charge in [-0.15, -0.1) is 24.0 Å². The van der Waals surface area contributed by atoms with Crippen molar-refractivity contribution in [2.45, 2.75) is 45.7 Å². The van der Waals surface area contributed by atoms with E-state index in [9.17, 15) is 9.90 Å². The van der Waals surface area contributed by atoms with Crippen LogP contribution >= 0.6 is 24.0 Å². The Labute approximate surface area is 203 Å². The summed E-state index contributed by atoms with van der Waals surface area (Å²) in [4.78, 5) is 17.0. The van der Waals surface area contributed by atoms with E-state index in [1.807, 2.05) is 75.4 Å². The van der Waals surface area contributed by atoms with Gasteiger partial charge in [0.15, 0.2) is 5.96 Å². The molecule has 0 aromatic heterocycles. The van der Waals surface area contributed by atoms with Crippen LogP contribution in [0, 0.1) is 0 Å². The Morgan fingerprint density at radius 3 is 2.45 bits per heavy atom. The van der Waals surface area contributed by atoms with E-state index in [1.165, 1.54) is 0 Å². The lowest BCUT2D eigenvalue weighted by Gasteiger charge is -2.18. The molecule has 0 spiro atoms. The molecule has 0 radical (unpaired) electrons. The molecule has 0 saturated carbocycles. The van der Waals surface area contributed by atoms with E-state index in [-0.39, 0.29) is 48.5 Å². The van der Waals surface area contributed by atoms with Crippen molar-refractivity contribution >= 4 is 35.8 Å². The van der Waals surface area contributed by atoms with Gasteiger partial charge in [0.25, 0.3) is 5.91 Å². The number of halogens is 1. The fraction of sp³-hybridized carbons (Fsp3) is 0.417. The monoisotopic (exact) mass is 538 g/mol. The summed E-state index contributed by atoms with van der Waals surface area (Å²) in [6.07, 6.45) is 0.894. The zero-order valence-corrected chi connectivity index (χ0v) is 20.9. The van der Waals surface area contributed by atoms with Crippen LogP contribution in [0.15, 0.2) is 59.6 Å². The van der Waals surface area contributed by atoms with Gasteiger partial charge in [-0.05, 0) is 43.5 Å². The number of guanidine groups is 1. The van der Waals surface area contributed by atoms with E-state index in [4.69, 9.17) is 0 Å². The Hall–Kier alpha value is -2.13. The number of carbonyl (C=O) groups is 1. The largest absolute Gasteiger partial charge is 0.396 e. The van der Waals surface area contributed by atoms with Crippen molar-refractivity contribution in [3.8, 4) is 0 Å². The van der Waals surface area contributed by atoms with Crippen molar-refractivity contribution in [2.75, 3.05) is 19.7 Å². The number of rotatable bonds is 10. The molecule has 2 unspecified atom stereocenters. The van der Waals surface area contributed by atoms with Crippen LogP contribution < -0.4 is 16.0 Å². The number of nitrogens with zero attached hydrogens (tertiary/aromatic N) is 1. The summed E-state index contributed by atoms with van der Waals surface area (Å²) < 4.78 is 0. The maximum atomic E-state index is 12.4. The highest BCUT2D eigenvalue weighted by Gasteiger charge is 2.11. The number of hydrogen-bond donors (Lipinski definition) is 4. The third-order valence-electron chi connectivity index (χ3n) is 4.95. The minimum absolute atomic E-state index is 0. The number of amides is 1. The number of aliphatic imine (C=N–C) groups is 1. The molecule has 0 heterocycles. The Kier molecular flexibility index (Phi) is 12.8. The first-order chi connectivity index (χ1) is 14.6. The van der Waals surface area contributed by atoms with E-state index in [2.05, 4.69) is 20.9 Å². The van der Waals surface area contributed by atoms with Crippen LogP contribution in [0.4, 0.5) is 0 Å². The molecule has 2 aromatic rings. The number of aliphatic hydroxyl groups is 1.